The van der Waals surface area contributed by atoms with Crippen molar-refractivity contribution in [1.82, 2.24) is 14.9 Å². The third-order valence-corrected chi connectivity index (χ3v) is 4.21. The predicted molar refractivity (Wildman–Crippen MR) is 64.6 cm³/mol. The van der Waals surface area contributed by atoms with Crippen LogP contribution in [-0.2, 0) is 0 Å². The standard InChI is InChI=1S/C13H21N3/c1-10-7-12(5-6-15-10)16-9-14-8-13(16)11-3-2-4-11/h8-12,15H,2-7H2,1H3. The molecule has 1 N–H and O–H groups in total. The summed E-state index contributed by atoms with van der Waals surface area (Å²) in [6, 6.07) is 1.32. The SMILES string of the molecule is CC1CC(n2cncc2C2CCC2)CCN1. The molecular weight excluding hydrogens is 198 g/mol. The van der Waals surface area contributed by atoms with Crippen LogP contribution in [0.25, 0.3) is 0 Å². The van der Waals surface area contributed by atoms with Crippen molar-refractivity contribution < 1.29 is 0 Å². The number of imidazole rings is 1. The van der Waals surface area contributed by atoms with Crippen molar-refractivity contribution in [3.05, 3.63) is 18.2 Å². The molecule has 1 saturated heterocycles. The highest BCUT2D eigenvalue weighted by Crippen LogP contribution is 2.38. The topological polar surface area (TPSA) is 29.9 Å². The molecule has 1 saturated carbocycles. The summed E-state index contributed by atoms with van der Waals surface area (Å²) in [5.41, 5.74) is 1.49. The first-order valence-corrected chi connectivity index (χ1v) is 6.59. The third kappa shape index (κ3) is 1.77. The number of piperidine rings is 1. The van der Waals surface area contributed by atoms with Gasteiger partial charge < -0.3 is 9.88 Å². The van der Waals surface area contributed by atoms with Gasteiger partial charge in [0.15, 0.2) is 0 Å². The summed E-state index contributed by atoms with van der Waals surface area (Å²) in [5, 5.41) is 3.52. The Kier molecular flexibility index (Phi) is 2.72. The van der Waals surface area contributed by atoms with E-state index in [-0.39, 0.29) is 0 Å². The molecule has 0 bridgehead atoms. The van der Waals surface area contributed by atoms with Gasteiger partial charge in [-0.3, -0.25) is 0 Å². The molecule has 3 nitrogen and oxygen atoms in total. The van der Waals surface area contributed by atoms with E-state index in [1.54, 1.807) is 0 Å². The van der Waals surface area contributed by atoms with E-state index >= 15 is 0 Å². The minimum atomic E-state index is 0.649. The second kappa shape index (κ2) is 4.21. The van der Waals surface area contributed by atoms with Crippen LogP contribution in [0, 0.1) is 0 Å². The van der Waals surface area contributed by atoms with Crippen molar-refractivity contribution in [3.8, 4) is 0 Å². The van der Waals surface area contributed by atoms with Crippen LogP contribution < -0.4 is 5.32 Å². The lowest BCUT2D eigenvalue weighted by Crippen LogP contribution is -2.37. The van der Waals surface area contributed by atoms with E-state index < -0.39 is 0 Å². The molecule has 16 heavy (non-hydrogen) atoms. The summed E-state index contributed by atoms with van der Waals surface area (Å²) in [6.07, 6.45) is 10.8. The van der Waals surface area contributed by atoms with Gasteiger partial charge in [-0.2, -0.15) is 0 Å². The van der Waals surface area contributed by atoms with Gasteiger partial charge in [0, 0.05) is 29.9 Å². The first-order chi connectivity index (χ1) is 7.84. The maximum atomic E-state index is 4.37. The van der Waals surface area contributed by atoms with E-state index in [9.17, 15) is 0 Å². The molecular formula is C13H21N3. The molecule has 1 aromatic heterocycles. The zero-order valence-corrected chi connectivity index (χ0v) is 10.0. The van der Waals surface area contributed by atoms with Crippen molar-refractivity contribution in [3.63, 3.8) is 0 Å². The average Bonchev–Trinajstić information content (AvgIpc) is 2.64. The van der Waals surface area contributed by atoms with Crippen LogP contribution in [-0.4, -0.2) is 22.1 Å². The maximum absolute atomic E-state index is 4.37. The Labute approximate surface area is 97.3 Å². The fourth-order valence-electron chi connectivity index (χ4n) is 3.00. The van der Waals surface area contributed by atoms with Gasteiger partial charge in [0.05, 0.1) is 6.33 Å². The normalized spacial score (nSPS) is 31.3. The maximum Gasteiger partial charge on any atom is 0.0950 e. The average molecular weight is 219 g/mol. The van der Waals surface area contributed by atoms with E-state index in [1.165, 1.54) is 37.8 Å². The van der Waals surface area contributed by atoms with Crippen molar-refractivity contribution in [2.45, 2.75) is 57.0 Å². The third-order valence-electron chi connectivity index (χ3n) is 4.21. The number of hydrogen-bond acceptors (Lipinski definition) is 2. The quantitative estimate of drug-likeness (QED) is 0.828. The Morgan fingerprint density at radius 3 is 2.94 bits per heavy atom. The van der Waals surface area contributed by atoms with Crippen molar-refractivity contribution in [2.75, 3.05) is 6.54 Å². The molecule has 1 aromatic rings. The van der Waals surface area contributed by atoms with Gasteiger partial charge in [-0.1, -0.05) is 6.42 Å². The fraction of sp³-hybridized carbons (Fsp3) is 0.769. The zero-order chi connectivity index (χ0) is 11.0. The zero-order valence-electron chi connectivity index (χ0n) is 10.0. The molecule has 1 aliphatic carbocycles. The Bertz CT molecular complexity index is 354. The lowest BCUT2D eigenvalue weighted by Gasteiger charge is -2.33. The predicted octanol–water partition coefficient (Wildman–Crippen LogP) is 2.46. The largest absolute Gasteiger partial charge is 0.331 e. The summed E-state index contributed by atoms with van der Waals surface area (Å²) in [5.74, 6) is 0.799. The Hall–Kier alpha value is -0.830. The minimum absolute atomic E-state index is 0.649. The highest BCUT2D eigenvalue weighted by atomic mass is 15.1. The molecule has 0 spiro atoms. The van der Waals surface area contributed by atoms with E-state index in [0.717, 1.165) is 12.5 Å². The van der Waals surface area contributed by atoms with Crippen LogP contribution in [0.1, 0.15) is 56.7 Å². The molecule has 1 aliphatic heterocycles. The van der Waals surface area contributed by atoms with Gasteiger partial charge in [0.2, 0.25) is 0 Å². The number of nitrogens with zero attached hydrogens (tertiary/aromatic N) is 2. The van der Waals surface area contributed by atoms with Gasteiger partial charge >= 0.3 is 0 Å². The number of nitrogens with one attached hydrogen (secondary N) is 1. The first-order valence-electron chi connectivity index (χ1n) is 6.59. The molecule has 0 aromatic carbocycles. The summed E-state index contributed by atoms with van der Waals surface area (Å²) < 4.78 is 2.46. The van der Waals surface area contributed by atoms with Crippen LogP contribution in [0.5, 0.6) is 0 Å². The second-order valence-corrected chi connectivity index (χ2v) is 5.39. The lowest BCUT2D eigenvalue weighted by atomic mass is 9.82. The number of hydrogen-bond donors (Lipinski definition) is 1. The molecule has 0 amide bonds. The van der Waals surface area contributed by atoms with Gasteiger partial charge in [-0.25, -0.2) is 4.98 Å². The molecule has 2 fully saturated rings. The van der Waals surface area contributed by atoms with Gasteiger partial charge in [-0.05, 0) is 39.2 Å². The molecule has 2 heterocycles. The van der Waals surface area contributed by atoms with Crippen molar-refractivity contribution in [2.24, 2.45) is 0 Å². The van der Waals surface area contributed by atoms with Crippen molar-refractivity contribution >= 4 is 0 Å². The van der Waals surface area contributed by atoms with Crippen LogP contribution in [0.3, 0.4) is 0 Å². The van der Waals surface area contributed by atoms with Crippen molar-refractivity contribution in [1.29, 1.82) is 0 Å². The number of aromatic nitrogens is 2. The summed E-state index contributed by atoms with van der Waals surface area (Å²) in [6.45, 7) is 3.43. The lowest BCUT2D eigenvalue weighted by molar-refractivity contribution is 0.294. The van der Waals surface area contributed by atoms with E-state index in [1.807, 2.05) is 0 Å². The Morgan fingerprint density at radius 2 is 2.25 bits per heavy atom. The molecule has 2 aliphatic rings. The van der Waals surface area contributed by atoms with E-state index in [4.69, 9.17) is 0 Å². The van der Waals surface area contributed by atoms with Crippen LogP contribution in [0.2, 0.25) is 0 Å². The molecule has 0 radical (unpaired) electrons. The van der Waals surface area contributed by atoms with Crippen LogP contribution in [0.15, 0.2) is 12.5 Å². The van der Waals surface area contributed by atoms with Gasteiger partial charge in [0.1, 0.15) is 0 Å². The highest BCUT2D eigenvalue weighted by molar-refractivity contribution is 5.11. The fourth-order valence-corrected chi connectivity index (χ4v) is 3.00. The monoisotopic (exact) mass is 219 g/mol. The Balaban J connectivity index is 1.79. The highest BCUT2D eigenvalue weighted by Gasteiger charge is 2.27. The second-order valence-electron chi connectivity index (χ2n) is 5.39. The summed E-state index contributed by atoms with van der Waals surface area (Å²) >= 11 is 0. The van der Waals surface area contributed by atoms with Gasteiger partial charge in [-0.15, -0.1) is 0 Å². The summed E-state index contributed by atoms with van der Waals surface area (Å²) in [7, 11) is 0. The van der Waals surface area contributed by atoms with Gasteiger partial charge in [0.25, 0.3) is 0 Å². The van der Waals surface area contributed by atoms with E-state index in [0.29, 0.717) is 12.1 Å². The molecule has 3 rings (SSSR count). The molecule has 2 unspecified atom stereocenters. The minimum Gasteiger partial charge on any atom is -0.331 e. The Morgan fingerprint density at radius 1 is 1.38 bits per heavy atom. The van der Waals surface area contributed by atoms with Crippen LogP contribution in [0.4, 0.5) is 0 Å². The smallest absolute Gasteiger partial charge is 0.0950 e. The van der Waals surface area contributed by atoms with Crippen LogP contribution >= 0.6 is 0 Å². The number of rotatable bonds is 2. The molecule has 2 atom stereocenters. The molecule has 88 valence electrons. The van der Waals surface area contributed by atoms with E-state index in [2.05, 4.69) is 34.3 Å². The first kappa shape index (κ1) is 10.3. The molecule has 3 heteroatoms. The summed E-state index contributed by atoms with van der Waals surface area (Å²) in [4.78, 5) is 4.37.